The van der Waals surface area contributed by atoms with E-state index in [-0.39, 0.29) is 0 Å². The van der Waals surface area contributed by atoms with Crippen LogP contribution in [0.25, 0.3) is 0 Å². The van der Waals surface area contributed by atoms with Crippen LogP contribution >= 0.6 is 11.6 Å². The summed E-state index contributed by atoms with van der Waals surface area (Å²) < 4.78 is 24.5. The number of benzene rings is 2. The fraction of sp³-hybridized carbons (Fsp3) is 0.200. The van der Waals surface area contributed by atoms with Crippen molar-refractivity contribution in [2.45, 2.75) is 6.04 Å². The highest BCUT2D eigenvalue weighted by Crippen LogP contribution is 2.31. The molecule has 2 rings (SSSR count). The van der Waals surface area contributed by atoms with Crippen molar-refractivity contribution in [2.75, 3.05) is 14.2 Å². The van der Waals surface area contributed by atoms with Gasteiger partial charge in [0.2, 0.25) is 0 Å². The molecule has 0 heterocycles. The summed E-state index contributed by atoms with van der Waals surface area (Å²) in [5.74, 6) is 6.38. The molecule has 0 aliphatic heterocycles. The van der Waals surface area contributed by atoms with Crippen LogP contribution in [0.15, 0.2) is 36.4 Å². The standard InChI is InChI=1S/C15H16ClFN2O2/c1-20-11-5-9(6-12(8-11)21-2)15(19-18)13-7-10(16)3-4-14(13)17/h3-8,15,19H,18H2,1-2H3. The Bertz CT molecular complexity index is 615. The molecule has 112 valence electrons. The normalized spacial score (nSPS) is 12.0. The van der Waals surface area contributed by atoms with Crippen LogP contribution in [-0.2, 0) is 0 Å². The van der Waals surface area contributed by atoms with Gasteiger partial charge < -0.3 is 9.47 Å². The summed E-state index contributed by atoms with van der Waals surface area (Å²) >= 11 is 5.94. The zero-order chi connectivity index (χ0) is 15.4. The number of halogens is 2. The molecule has 1 unspecified atom stereocenters. The molecule has 1 atom stereocenters. The van der Waals surface area contributed by atoms with Crippen LogP contribution in [0.3, 0.4) is 0 Å². The third kappa shape index (κ3) is 3.44. The molecule has 0 aliphatic carbocycles. The molecular formula is C15H16ClFN2O2. The number of ether oxygens (including phenoxy) is 2. The van der Waals surface area contributed by atoms with E-state index in [4.69, 9.17) is 26.9 Å². The summed E-state index contributed by atoms with van der Waals surface area (Å²) in [6, 6.07) is 8.99. The number of nitrogens with two attached hydrogens (primary N) is 1. The van der Waals surface area contributed by atoms with E-state index in [0.29, 0.717) is 27.6 Å². The third-order valence-corrected chi connectivity index (χ3v) is 3.38. The molecule has 0 radical (unpaired) electrons. The molecule has 0 saturated heterocycles. The third-order valence-electron chi connectivity index (χ3n) is 3.14. The predicted molar refractivity (Wildman–Crippen MR) is 80.1 cm³/mol. The lowest BCUT2D eigenvalue weighted by atomic mass is 9.98. The second kappa shape index (κ2) is 6.76. The van der Waals surface area contributed by atoms with Crippen molar-refractivity contribution in [3.8, 4) is 11.5 Å². The minimum Gasteiger partial charge on any atom is -0.497 e. The van der Waals surface area contributed by atoms with Gasteiger partial charge in [-0.05, 0) is 35.9 Å². The van der Waals surface area contributed by atoms with Gasteiger partial charge in [-0.1, -0.05) is 11.6 Å². The van der Waals surface area contributed by atoms with Gasteiger partial charge in [0.05, 0.1) is 20.3 Å². The number of methoxy groups -OCH3 is 2. The highest BCUT2D eigenvalue weighted by molar-refractivity contribution is 6.30. The minimum atomic E-state index is -0.576. The average Bonchev–Trinajstić information content (AvgIpc) is 2.51. The van der Waals surface area contributed by atoms with Gasteiger partial charge in [-0.2, -0.15) is 0 Å². The summed E-state index contributed by atoms with van der Waals surface area (Å²) in [7, 11) is 3.09. The van der Waals surface area contributed by atoms with Crippen LogP contribution in [0, 0.1) is 5.82 Å². The van der Waals surface area contributed by atoms with Crippen LogP contribution in [0.4, 0.5) is 4.39 Å². The van der Waals surface area contributed by atoms with Gasteiger partial charge in [0.15, 0.2) is 0 Å². The Labute approximate surface area is 127 Å². The minimum absolute atomic E-state index is 0.348. The highest BCUT2D eigenvalue weighted by atomic mass is 35.5. The Morgan fingerprint density at radius 2 is 1.71 bits per heavy atom. The van der Waals surface area contributed by atoms with Gasteiger partial charge in [-0.15, -0.1) is 0 Å². The van der Waals surface area contributed by atoms with Gasteiger partial charge in [0.1, 0.15) is 17.3 Å². The lowest BCUT2D eigenvalue weighted by molar-refractivity contribution is 0.392. The van der Waals surface area contributed by atoms with E-state index in [9.17, 15) is 4.39 Å². The van der Waals surface area contributed by atoms with Gasteiger partial charge >= 0.3 is 0 Å². The van der Waals surface area contributed by atoms with Crippen LogP contribution < -0.4 is 20.7 Å². The molecular weight excluding hydrogens is 295 g/mol. The Hall–Kier alpha value is -1.82. The predicted octanol–water partition coefficient (Wildman–Crippen LogP) is 3.05. The molecule has 0 amide bonds. The van der Waals surface area contributed by atoms with Crippen LogP contribution in [0.2, 0.25) is 5.02 Å². The zero-order valence-corrected chi connectivity index (χ0v) is 12.4. The van der Waals surface area contributed by atoms with E-state index in [1.54, 1.807) is 32.4 Å². The Morgan fingerprint density at radius 3 is 2.24 bits per heavy atom. The molecule has 0 fully saturated rings. The molecule has 21 heavy (non-hydrogen) atoms. The van der Waals surface area contributed by atoms with Crippen LogP contribution in [-0.4, -0.2) is 14.2 Å². The van der Waals surface area contributed by atoms with E-state index in [2.05, 4.69) is 5.43 Å². The summed E-state index contributed by atoms with van der Waals surface area (Å²) in [6.45, 7) is 0. The molecule has 0 saturated carbocycles. The maximum absolute atomic E-state index is 14.0. The van der Waals surface area contributed by atoms with Crippen molar-refractivity contribution in [1.82, 2.24) is 5.43 Å². The largest absolute Gasteiger partial charge is 0.497 e. The van der Waals surface area contributed by atoms with Crippen LogP contribution in [0.5, 0.6) is 11.5 Å². The number of hydrogen-bond donors (Lipinski definition) is 2. The fourth-order valence-corrected chi connectivity index (χ4v) is 2.28. The van der Waals surface area contributed by atoms with E-state index in [0.717, 1.165) is 0 Å². The Kier molecular flexibility index (Phi) is 5.01. The lowest BCUT2D eigenvalue weighted by Gasteiger charge is -2.19. The second-order valence-electron chi connectivity index (χ2n) is 4.41. The topological polar surface area (TPSA) is 56.5 Å². The van der Waals surface area contributed by atoms with Crippen molar-refractivity contribution in [3.63, 3.8) is 0 Å². The Morgan fingerprint density at radius 1 is 1.10 bits per heavy atom. The second-order valence-corrected chi connectivity index (χ2v) is 4.85. The molecule has 0 spiro atoms. The lowest BCUT2D eigenvalue weighted by Crippen LogP contribution is -2.29. The molecule has 6 heteroatoms. The van der Waals surface area contributed by atoms with Crippen LogP contribution in [0.1, 0.15) is 17.2 Å². The maximum Gasteiger partial charge on any atom is 0.128 e. The summed E-state index contributed by atoms with van der Waals surface area (Å²) in [5.41, 5.74) is 3.65. The first-order valence-electron chi connectivity index (χ1n) is 6.23. The molecule has 0 aliphatic rings. The van der Waals surface area contributed by atoms with Crippen molar-refractivity contribution >= 4 is 11.6 Å². The first-order valence-corrected chi connectivity index (χ1v) is 6.61. The first kappa shape index (κ1) is 15.6. The molecule has 0 aromatic heterocycles. The van der Waals surface area contributed by atoms with Gasteiger partial charge in [0, 0.05) is 16.7 Å². The average molecular weight is 311 g/mol. The summed E-state index contributed by atoms with van der Waals surface area (Å²) in [6.07, 6.45) is 0. The molecule has 0 bridgehead atoms. The number of hydrazine groups is 1. The molecule has 3 N–H and O–H groups in total. The summed E-state index contributed by atoms with van der Waals surface area (Å²) in [5, 5.41) is 0.432. The zero-order valence-electron chi connectivity index (χ0n) is 11.7. The highest BCUT2D eigenvalue weighted by Gasteiger charge is 2.19. The Balaban J connectivity index is 2.52. The molecule has 4 nitrogen and oxygen atoms in total. The smallest absolute Gasteiger partial charge is 0.128 e. The molecule has 2 aromatic rings. The quantitative estimate of drug-likeness (QED) is 0.658. The van der Waals surface area contributed by atoms with E-state index < -0.39 is 11.9 Å². The number of rotatable bonds is 5. The van der Waals surface area contributed by atoms with E-state index in [1.807, 2.05) is 0 Å². The van der Waals surface area contributed by atoms with Gasteiger partial charge in [-0.25, -0.2) is 9.82 Å². The monoisotopic (exact) mass is 310 g/mol. The number of hydrogen-bond acceptors (Lipinski definition) is 4. The van der Waals surface area contributed by atoms with Crippen molar-refractivity contribution in [1.29, 1.82) is 0 Å². The maximum atomic E-state index is 14.0. The summed E-state index contributed by atoms with van der Waals surface area (Å²) in [4.78, 5) is 0. The van der Waals surface area contributed by atoms with E-state index >= 15 is 0 Å². The van der Waals surface area contributed by atoms with Gasteiger partial charge in [-0.3, -0.25) is 5.84 Å². The van der Waals surface area contributed by atoms with Gasteiger partial charge in [0.25, 0.3) is 0 Å². The molecule has 2 aromatic carbocycles. The van der Waals surface area contributed by atoms with Crippen molar-refractivity contribution < 1.29 is 13.9 Å². The van der Waals surface area contributed by atoms with Crippen molar-refractivity contribution in [3.05, 3.63) is 58.4 Å². The number of nitrogens with one attached hydrogen (secondary N) is 1. The van der Waals surface area contributed by atoms with Crippen molar-refractivity contribution in [2.24, 2.45) is 5.84 Å². The first-order chi connectivity index (χ1) is 10.1. The fourth-order valence-electron chi connectivity index (χ4n) is 2.10. The SMILES string of the molecule is COc1cc(OC)cc(C(NN)c2cc(Cl)ccc2F)c1. The van der Waals surface area contributed by atoms with E-state index in [1.165, 1.54) is 18.2 Å².